The van der Waals surface area contributed by atoms with Gasteiger partial charge in [-0.2, -0.15) is 0 Å². The van der Waals surface area contributed by atoms with Crippen LogP contribution in [-0.2, 0) is 0 Å². The topological polar surface area (TPSA) is 0 Å². The zero-order chi connectivity index (χ0) is 21.1. The second-order valence-electron chi connectivity index (χ2n) is 8.20. The summed E-state index contributed by atoms with van der Waals surface area (Å²) < 4.78 is 2.69. The molecular weight excluding hydrogens is 424 g/mol. The molecule has 2 heteroatoms. The summed E-state index contributed by atoms with van der Waals surface area (Å²) in [5.74, 6) is 0. The molecule has 7 aromatic rings. The first-order valence-corrected chi connectivity index (χ1v) is 12.5. The Kier molecular flexibility index (Phi) is 3.98. The summed E-state index contributed by atoms with van der Waals surface area (Å²) in [6, 6.07) is 35.5. The summed E-state index contributed by atoms with van der Waals surface area (Å²) in [5, 5.41) is 12.6. The van der Waals surface area contributed by atoms with Gasteiger partial charge < -0.3 is 0 Å². The van der Waals surface area contributed by atoms with Crippen LogP contribution in [0.4, 0.5) is 0 Å². The van der Waals surface area contributed by atoms with Crippen LogP contribution in [0.5, 0.6) is 0 Å². The van der Waals surface area contributed by atoms with Gasteiger partial charge in [-0.1, -0.05) is 84.9 Å². The maximum Gasteiger partial charge on any atom is 0.0355 e. The Morgan fingerprint density at radius 1 is 0.406 bits per heavy atom. The molecule has 0 bridgehead atoms. The average Bonchev–Trinajstić information content (AvgIpc) is 3.49. The third-order valence-corrected chi connectivity index (χ3v) is 8.33. The Labute approximate surface area is 194 Å². The van der Waals surface area contributed by atoms with E-state index in [1.165, 1.54) is 64.0 Å². The molecular formula is C30H18S2. The van der Waals surface area contributed by atoms with Crippen molar-refractivity contribution in [1.82, 2.24) is 0 Å². The number of hydrogen-bond acceptors (Lipinski definition) is 2. The molecule has 0 atom stereocenters. The highest BCUT2D eigenvalue weighted by Crippen LogP contribution is 2.41. The van der Waals surface area contributed by atoms with Crippen LogP contribution in [0.25, 0.3) is 64.0 Å². The van der Waals surface area contributed by atoms with Crippen LogP contribution in [0.15, 0.2) is 108 Å². The Bertz CT molecular complexity index is 1630. The van der Waals surface area contributed by atoms with Crippen molar-refractivity contribution in [2.24, 2.45) is 0 Å². The van der Waals surface area contributed by atoms with Crippen molar-refractivity contribution in [2.75, 3.05) is 0 Å². The van der Waals surface area contributed by atoms with Crippen molar-refractivity contribution in [2.45, 2.75) is 0 Å². The number of fused-ring (bicyclic) bond motifs is 6. The third-order valence-electron chi connectivity index (χ3n) is 6.43. The van der Waals surface area contributed by atoms with Gasteiger partial charge in [0.15, 0.2) is 0 Å². The molecule has 0 amide bonds. The maximum atomic E-state index is 2.31. The van der Waals surface area contributed by atoms with Crippen LogP contribution in [0, 0.1) is 0 Å². The second kappa shape index (κ2) is 7.03. The average molecular weight is 443 g/mol. The lowest BCUT2D eigenvalue weighted by atomic mass is 9.96. The van der Waals surface area contributed by atoms with E-state index >= 15 is 0 Å². The number of hydrogen-bond donors (Lipinski definition) is 0. The van der Waals surface area contributed by atoms with E-state index in [1.807, 2.05) is 22.7 Å². The van der Waals surface area contributed by atoms with Gasteiger partial charge in [-0.15, -0.1) is 22.7 Å². The summed E-state index contributed by atoms with van der Waals surface area (Å²) in [7, 11) is 0. The van der Waals surface area contributed by atoms with Crippen molar-refractivity contribution < 1.29 is 0 Å². The molecule has 150 valence electrons. The number of benzene rings is 5. The summed E-state index contributed by atoms with van der Waals surface area (Å²) in [6.45, 7) is 0. The zero-order valence-electron chi connectivity index (χ0n) is 17.2. The molecule has 0 spiro atoms. The van der Waals surface area contributed by atoms with Gasteiger partial charge in [-0.05, 0) is 55.6 Å². The van der Waals surface area contributed by atoms with Gasteiger partial charge in [-0.25, -0.2) is 0 Å². The normalized spacial score (nSPS) is 11.8. The molecule has 0 fully saturated rings. The molecule has 0 unspecified atom stereocenters. The number of thiophene rings is 2. The summed E-state index contributed by atoms with van der Waals surface area (Å²) >= 11 is 3.66. The predicted octanol–water partition coefficient (Wildman–Crippen LogP) is 9.76. The van der Waals surface area contributed by atoms with Gasteiger partial charge in [0, 0.05) is 31.3 Å². The monoisotopic (exact) mass is 442 g/mol. The van der Waals surface area contributed by atoms with E-state index in [0.29, 0.717) is 0 Å². The van der Waals surface area contributed by atoms with E-state index in [-0.39, 0.29) is 0 Å². The fraction of sp³-hybridized carbons (Fsp3) is 0. The molecule has 7 rings (SSSR count). The Balaban J connectivity index is 1.40. The van der Waals surface area contributed by atoms with Crippen molar-refractivity contribution in [3.8, 4) is 22.3 Å². The SMILES string of the molecule is c1ccc2c(c1)ccc1scc(-c3ccc(-c4csc5ccc6ccccc6c45)cc3)c12. The molecule has 2 aromatic heterocycles. The number of rotatable bonds is 2. The van der Waals surface area contributed by atoms with Gasteiger partial charge in [0.1, 0.15) is 0 Å². The highest BCUT2D eigenvalue weighted by Gasteiger charge is 2.13. The first-order chi connectivity index (χ1) is 15.9. The molecule has 2 heterocycles. The van der Waals surface area contributed by atoms with E-state index in [0.717, 1.165) is 0 Å². The summed E-state index contributed by atoms with van der Waals surface area (Å²) in [6.07, 6.45) is 0. The van der Waals surface area contributed by atoms with E-state index in [1.54, 1.807) is 0 Å². The second-order valence-corrected chi connectivity index (χ2v) is 10.0. The van der Waals surface area contributed by atoms with Crippen molar-refractivity contribution in [3.05, 3.63) is 108 Å². The van der Waals surface area contributed by atoms with Crippen molar-refractivity contribution in [3.63, 3.8) is 0 Å². The van der Waals surface area contributed by atoms with E-state index in [9.17, 15) is 0 Å². The van der Waals surface area contributed by atoms with Crippen LogP contribution in [0.3, 0.4) is 0 Å². The predicted molar refractivity (Wildman–Crippen MR) is 143 cm³/mol. The van der Waals surface area contributed by atoms with E-state index < -0.39 is 0 Å². The molecule has 0 nitrogen and oxygen atoms in total. The smallest absolute Gasteiger partial charge is 0.0355 e. The molecule has 0 aliphatic carbocycles. The standard InChI is InChI=1S/C30H18S2/c1-3-7-23-19(5-1)13-15-27-29(23)25(17-31-27)21-9-11-22(12-10-21)26-18-32-28-16-14-20-6-2-4-8-24(20)30(26)28/h1-18H. The van der Waals surface area contributed by atoms with Gasteiger partial charge in [-0.3, -0.25) is 0 Å². The zero-order valence-corrected chi connectivity index (χ0v) is 18.8. The fourth-order valence-corrected chi connectivity index (χ4v) is 6.84. The highest BCUT2D eigenvalue weighted by molar-refractivity contribution is 7.18. The van der Waals surface area contributed by atoms with E-state index in [4.69, 9.17) is 0 Å². The Morgan fingerprint density at radius 3 is 1.31 bits per heavy atom. The van der Waals surface area contributed by atoms with Gasteiger partial charge in [0.05, 0.1) is 0 Å². The Hall–Kier alpha value is -3.46. The van der Waals surface area contributed by atoms with Crippen molar-refractivity contribution in [1.29, 1.82) is 0 Å². The lowest BCUT2D eigenvalue weighted by Gasteiger charge is -2.07. The molecule has 0 saturated heterocycles. The fourth-order valence-electron chi connectivity index (χ4n) is 4.87. The van der Waals surface area contributed by atoms with Gasteiger partial charge >= 0.3 is 0 Å². The lowest BCUT2D eigenvalue weighted by Crippen LogP contribution is -1.81. The molecule has 0 radical (unpaired) electrons. The minimum atomic E-state index is 1.28. The van der Waals surface area contributed by atoms with Gasteiger partial charge in [0.2, 0.25) is 0 Å². The first-order valence-electron chi connectivity index (χ1n) is 10.8. The highest BCUT2D eigenvalue weighted by atomic mass is 32.1. The van der Waals surface area contributed by atoms with E-state index in [2.05, 4.69) is 108 Å². The van der Waals surface area contributed by atoms with Crippen molar-refractivity contribution >= 4 is 64.4 Å². The van der Waals surface area contributed by atoms with Gasteiger partial charge in [0.25, 0.3) is 0 Å². The quantitative estimate of drug-likeness (QED) is 0.250. The van der Waals surface area contributed by atoms with Crippen LogP contribution in [-0.4, -0.2) is 0 Å². The van der Waals surface area contributed by atoms with Crippen LogP contribution < -0.4 is 0 Å². The largest absolute Gasteiger partial charge is 0.143 e. The molecule has 0 aliphatic heterocycles. The lowest BCUT2D eigenvalue weighted by molar-refractivity contribution is 1.67. The summed E-state index contributed by atoms with van der Waals surface area (Å²) in [4.78, 5) is 0. The molecule has 5 aromatic carbocycles. The minimum absolute atomic E-state index is 1.28. The first kappa shape index (κ1) is 18.1. The van der Waals surface area contributed by atoms with Crippen LogP contribution >= 0.6 is 22.7 Å². The maximum absolute atomic E-state index is 2.31. The molecule has 0 saturated carbocycles. The third kappa shape index (κ3) is 2.67. The van der Waals surface area contributed by atoms with Crippen LogP contribution in [0.2, 0.25) is 0 Å². The van der Waals surface area contributed by atoms with Crippen LogP contribution in [0.1, 0.15) is 0 Å². The molecule has 0 aliphatic rings. The Morgan fingerprint density at radius 2 is 0.844 bits per heavy atom. The molecule has 0 N–H and O–H groups in total. The minimum Gasteiger partial charge on any atom is -0.143 e. The molecule has 32 heavy (non-hydrogen) atoms. The summed E-state index contributed by atoms with van der Waals surface area (Å²) in [5.41, 5.74) is 5.21.